The number of carbonyl (C=O) groups is 2. The molecule has 3 aliphatic rings. The number of rotatable bonds is 3. The summed E-state index contributed by atoms with van der Waals surface area (Å²) >= 11 is 0. The minimum absolute atomic E-state index is 0.0479. The van der Waals surface area contributed by atoms with Crippen LogP contribution < -0.4 is 5.73 Å². The van der Waals surface area contributed by atoms with E-state index in [9.17, 15) is 9.59 Å². The summed E-state index contributed by atoms with van der Waals surface area (Å²) in [6.07, 6.45) is 8.06. The van der Waals surface area contributed by atoms with Crippen molar-refractivity contribution < 1.29 is 9.59 Å². The van der Waals surface area contributed by atoms with E-state index in [2.05, 4.69) is 9.88 Å². The Morgan fingerprint density at radius 2 is 2.08 bits per heavy atom. The summed E-state index contributed by atoms with van der Waals surface area (Å²) < 4.78 is 0. The minimum Gasteiger partial charge on any atom is -0.384 e. The zero-order valence-corrected chi connectivity index (χ0v) is 14.6. The lowest BCUT2D eigenvalue weighted by molar-refractivity contribution is -0.146. The summed E-state index contributed by atoms with van der Waals surface area (Å²) in [4.78, 5) is 33.8. The van der Waals surface area contributed by atoms with Gasteiger partial charge in [-0.25, -0.2) is 4.98 Å². The average Bonchev–Trinajstić information content (AvgIpc) is 3.00. The van der Waals surface area contributed by atoms with E-state index in [0.29, 0.717) is 30.4 Å². The smallest absolute Gasteiger partial charge is 0.255 e. The van der Waals surface area contributed by atoms with Crippen molar-refractivity contribution in [1.29, 1.82) is 0 Å². The topological polar surface area (TPSA) is 79.5 Å². The molecule has 6 heteroatoms. The van der Waals surface area contributed by atoms with Gasteiger partial charge in [-0.2, -0.15) is 0 Å². The van der Waals surface area contributed by atoms with Gasteiger partial charge < -0.3 is 15.5 Å². The molecule has 2 N–H and O–H groups in total. The summed E-state index contributed by atoms with van der Waals surface area (Å²) in [5.74, 6) is 1.33. The maximum Gasteiger partial charge on any atom is 0.255 e. The minimum atomic E-state index is -0.362. The Bertz CT molecular complexity index is 671. The predicted molar refractivity (Wildman–Crippen MR) is 94.8 cm³/mol. The van der Waals surface area contributed by atoms with Crippen molar-refractivity contribution in [2.45, 2.75) is 38.5 Å². The van der Waals surface area contributed by atoms with Gasteiger partial charge in [0.2, 0.25) is 5.91 Å². The van der Waals surface area contributed by atoms with E-state index in [1.807, 2.05) is 4.90 Å². The Morgan fingerprint density at radius 1 is 1.24 bits per heavy atom. The van der Waals surface area contributed by atoms with Crippen LogP contribution in [0.2, 0.25) is 0 Å². The molecular weight excluding hydrogens is 316 g/mol. The van der Waals surface area contributed by atoms with Crippen LogP contribution in [0, 0.1) is 11.3 Å². The second kappa shape index (κ2) is 6.32. The van der Waals surface area contributed by atoms with Crippen LogP contribution in [0.25, 0.3) is 0 Å². The molecule has 25 heavy (non-hydrogen) atoms. The number of anilines is 1. The van der Waals surface area contributed by atoms with Crippen LogP contribution in [0.3, 0.4) is 0 Å². The molecular formula is C19H26N4O2. The number of amides is 2. The predicted octanol–water partition coefficient (Wildman–Crippen LogP) is 1.92. The molecule has 1 aliphatic carbocycles. The molecule has 3 heterocycles. The number of piperidine rings is 1. The van der Waals surface area contributed by atoms with E-state index in [1.54, 1.807) is 12.1 Å². The number of nitrogens with two attached hydrogens (primary N) is 1. The van der Waals surface area contributed by atoms with Crippen LogP contribution in [0.15, 0.2) is 18.3 Å². The van der Waals surface area contributed by atoms with Crippen molar-refractivity contribution in [1.82, 2.24) is 14.8 Å². The highest BCUT2D eigenvalue weighted by Gasteiger charge is 2.49. The second-order valence-electron chi connectivity index (χ2n) is 7.88. The molecule has 6 nitrogen and oxygen atoms in total. The fraction of sp³-hybridized carbons (Fsp3) is 0.632. The average molecular weight is 342 g/mol. The van der Waals surface area contributed by atoms with Gasteiger partial charge in [-0.05, 0) is 50.2 Å². The molecule has 1 aromatic heterocycles. The zero-order valence-electron chi connectivity index (χ0n) is 14.6. The molecule has 2 aliphatic heterocycles. The van der Waals surface area contributed by atoms with Crippen molar-refractivity contribution in [3.63, 3.8) is 0 Å². The molecule has 4 rings (SSSR count). The SMILES string of the molecule is Nc1ccc(C(=O)N2CC[C@@]3(CCCN(CC4CCC4)C3=O)C2)cn1. The maximum atomic E-state index is 13.1. The molecule has 0 radical (unpaired) electrons. The van der Waals surface area contributed by atoms with Crippen molar-refractivity contribution >= 4 is 17.6 Å². The third-order valence-corrected chi connectivity index (χ3v) is 6.20. The largest absolute Gasteiger partial charge is 0.384 e. The number of hydrogen-bond acceptors (Lipinski definition) is 4. The van der Waals surface area contributed by atoms with Gasteiger partial charge in [0.15, 0.2) is 0 Å². The van der Waals surface area contributed by atoms with E-state index in [0.717, 1.165) is 32.4 Å². The highest BCUT2D eigenvalue weighted by molar-refractivity contribution is 5.95. The van der Waals surface area contributed by atoms with E-state index >= 15 is 0 Å². The van der Waals surface area contributed by atoms with Crippen molar-refractivity contribution in [2.24, 2.45) is 11.3 Å². The van der Waals surface area contributed by atoms with Crippen LogP contribution in [-0.4, -0.2) is 52.8 Å². The lowest BCUT2D eigenvalue weighted by Gasteiger charge is -2.42. The summed E-state index contributed by atoms with van der Waals surface area (Å²) in [6.45, 7) is 2.98. The van der Waals surface area contributed by atoms with Gasteiger partial charge in [-0.1, -0.05) is 6.42 Å². The summed E-state index contributed by atoms with van der Waals surface area (Å²) in [7, 11) is 0. The van der Waals surface area contributed by atoms with Crippen LogP contribution in [0.1, 0.15) is 48.9 Å². The van der Waals surface area contributed by atoms with Gasteiger partial charge in [0.05, 0.1) is 11.0 Å². The highest BCUT2D eigenvalue weighted by Crippen LogP contribution is 2.41. The normalized spacial score (nSPS) is 27.0. The van der Waals surface area contributed by atoms with Gasteiger partial charge in [0.1, 0.15) is 5.82 Å². The molecule has 0 bridgehead atoms. The molecule has 2 amide bonds. The number of hydrogen-bond donors (Lipinski definition) is 1. The summed E-state index contributed by atoms with van der Waals surface area (Å²) in [5.41, 5.74) is 5.78. The monoisotopic (exact) mass is 342 g/mol. The second-order valence-corrected chi connectivity index (χ2v) is 7.88. The Hall–Kier alpha value is -2.11. The molecule has 1 spiro atoms. The fourth-order valence-corrected chi connectivity index (χ4v) is 4.45. The highest BCUT2D eigenvalue weighted by atomic mass is 16.2. The first-order valence-corrected chi connectivity index (χ1v) is 9.38. The van der Waals surface area contributed by atoms with Gasteiger partial charge in [0.25, 0.3) is 5.91 Å². The van der Waals surface area contributed by atoms with Gasteiger partial charge in [-0.3, -0.25) is 9.59 Å². The lowest BCUT2D eigenvalue weighted by Crippen LogP contribution is -2.52. The number of nitrogen functional groups attached to an aromatic ring is 1. The van der Waals surface area contributed by atoms with Crippen LogP contribution in [0.5, 0.6) is 0 Å². The maximum absolute atomic E-state index is 13.1. The Morgan fingerprint density at radius 3 is 2.76 bits per heavy atom. The first kappa shape index (κ1) is 16.4. The number of nitrogens with zero attached hydrogens (tertiary/aromatic N) is 3. The number of carbonyl (C=O) groups excluding carboxylic acids is 2. The summed E-state index contributed by atoms with van der Waals surface area (Å²) in [6, 6.07) is 3.35. The third kappa shape index (κ3) is 2.98. The number of aromatic nitrogens is 1. The Kier molecular flexibility index (Phi) is 4.13. The molecule has 0 unspecified atom stereocenters. The van der Waals surface area contributed by atoms with Crippen LogP contribution in [-0.2, 0) is 4.79 Å². The molecule has 0 aromatic carbocycles. The molecule has 1 saturated carbocycles. The van der Waals surface area contributed by atoms with Crippen LogP contribution in [0.4, 0.5) is 5.82 Å². The van der Waals surface area contributed by atoms with Gasteiger partial charge >= 0.3 is 0 Å². The van der Waals surface area contributed by atoms with E-state index < -0.39 is 0 Å². The number of pyridine rings is 1. The van der Waals surface area contributed by atoms with Crippen LogP contribution >= 0.6 is 0 Å². The third-order valence-electron chi connectivity index (χ3n) is 6.20. The van der Waals surface area contributed by atoms with Crippen molar-refractivity contribution in [3.05, 3.63) is 23.9 Å². The van der Waals surface area contributed by atoms with E-state index in [-0.39, 0.29) is 17.2 Å². The van der Waals surface area contributed by atoms with E-state index in [1.165, 1.54) is 25.5 Å². The Labute approximate surface area is 148 Å². The van der Waals surface area contributed by atoms with Gasteiger partial charge in [-0.15, -0.1) is 0 Å². The zero-order chi connectivity index (χ0) is 17.4. The van der Waals surface area contributed by atoms with Crippen molar-refractivity contribution in [3.8, 4) is 0 Å². The fourth-order valence-electron chi connectivity index (χ4n) is 4.45. The lowest BCUT2D eigenvalue weighted by atomic mass is 9.77. The Balaban J connectivity index is 1.45. The quantitative estimate of drug-likeness (QED) is 0.910. The molecule has 134 valence electrons. The molecule has 1 atom stereocenters. The first-order valence-electron chi connectivity index (χ1n) is 9.38. The first-order chi connectivity index (χ1) is 12.1. The van der Waals surface area contributed by atoms with Crippen molar-refractivity contribution in [2.75, 3.05) is 31.9 Å². The number of likely N-dealkylation sites (tertiary alicyclic amines) is 2. The summed E-state index contributed by atoms with van der Waals surface area (Å²) in [5, 5.41) is 0. The standard InChI is InChI=1S/C19H26N4O2/c20-16-6-5-15(11-21-16)17(24)23-10-8-19(13-23)7-2-9-22(18(19)25)12-14-3-1-4-14/h5-6,11,14H,1-4,7-10,12-13H2,(H2,20,21)/t19-/m0/s1. The van der Waals surface area contributed by atoms with Gasteiger partial charge in [0, 0.05) is 32.4 Å². The van der Waals surface area contributed by atoms with E-state index in [4.69, 9.17) is 5.73 Å². The molecule has 3 fully saturated rings. The molecule has 1 aromatic rings. The molecule has 2 saturated heterocycles.